The minimum atomic E-state index is 0.0855. The summed E-state index contributed by atoms with van der Waals surface area (Å²) in [6.07, 6.45) is 27.6. The van der Waals surface area contributed by atoms with Gasteiger partial charge >= 0.3 is 0 Å². The Bertz CT molecular complexity index is 569. The largest absolute Gasteiger partial charge is 0.355 e. The monoisotopic (exact) mass is 625 g/mol. The van der Waals surface area contributed by atoms with Crippen molar-refractivity contribution in [1.82, 2.24) is 20.4 Å². The highest BCUT2D eigenvalue weighted by Gasteiger charge is 2.13. The van der Waals surface area contributed by atoms with Crippen molar-refractivity contribution < 1.29 is 9.59 Å². The maximum atomic E-state index is 12.3. The highest BCUT2D eigenvalue weighted by Crippen LogP contribution is 2.13. The van der Waals surface area contributed by atoms with Gasteiger partial charge in [-0.05, 0) is 25.9 Å². The molecule has 44 heavy (non-hydrogen) atoms. The van der Waals surface area contributed by atoms with Crippen LogP contribution in [-0.4, -0.2) is 87.1 Å². The summed E-state index contributed by atoms with van der Waals surface area (Å²) >= 11 is 0. The molecule has 2 amide bonds. The minimum absolute atomic E-state index is 0.0855. The van der Waals surface area contributed by atoms with Crippen molar-refractivity contribution in [3.05, 3.63) is 0 Å². The number of unbranched alkanes of at least 4 members (excludes halogenated alkanes) is 18. The van der Waals surface area contributed by atoms with Gasteiger partial charge < -0.3 is 31.9 Å². The molecule has 0 heterocycles. The molecule has 0 bridgehead atoms. The minimum Gasteiger partial charge on any atom is -0.355 e. The molecule has 0 rings (SSSR count). The first kappa shape index (κ1) is 42.8. The molecule has 0 aromatic heterocycles. The Morgan fingerprint density at radius 1 is 0.432 bits per heavy atom. The fraction of sp³-hybridized carbons (Fsp3) is 0.944. The van der Waals surface area contributed by atoms with Gasteiger partial charge in [-0.2, -0.15) is 0 Å². The molecule has 262 valence electrons. The molecule has 0 atom stereocenters. The van der Waals surface area contributed by atoms with Gasteiger partial charge in [0.15, 0.2) is 0 Å². The lowest BCUT2D eigenvalue weighted by Crippen LogP contribution is -2.40. The molecule has 0 aliphatic carbocycles. The Morgan fingerprint density at radius 2 is 0.727 bits per heavy atom. The van der Waals surface area contributed by atoms with Gasteiger partial charge in [-0.25, -0.2) is 0 Å². The molecule has 0 radical (unpaired) electrons. The van der Waals surface area contributed by atoms with E-state index in [0.717, 1.165) is 39.3 Å². The van der Waals surface area contributed by atoms with Crippen LogP contribution < -0.4 is 22.1 Å². The number of carbonyl (C=O) groups excluding carboxylic acids is 2. The number of carbonyl (C=O) groups is 2. The van der Waals surface area contributed by atoms with Crippen LogP contribution in [0, 0.1) is 0 Å². The third-order valence-electron chi connectivity index (χ3n) is 8.63. The Labute approximate surface area is 273 Å². The average molecular weight is 625 g/mol. The van der Waals surface area contributed by atoms with E-state index in [-0.39, 0.29) is 11.8 Å². The standard InChI is InChI=1S/C36H76N6O2/c1-3-5-7-9-11-13-15-17-19-21-29-41(31-23-35(43)39-27-25-37)33-34-42(32-24-36(44)40-28-26-38)30-22-20-18-16-14-12-10-8-6-4-2/h3-34,37-38H2,1-2H3,(H,39,43)(H,40,44). The van der Waals surface area contributed by atoms with Gasteiger partial charge in [-0.1, -0.05) is 129 Å². The molecule has 0 fully saturated rings. The summed E-state index contributed by atoms with van der Waals surface area (Å²) in [5.74, 6) is 0.171. The summed E-state index contributed by atoms with van der Waals surface area (Å²) in [5, 5.41) is 5.84. The fourth-order valence-electron chi connectivity index (χ4n) is 5.72. The second kappa shape index (κ2) is 34.6. The third-order valence-corrected chi connectivity index (χ3v) is 8.63. The number of hydrogen-bond acceptors (Lipinski definition) is 6. The molecule has 6 N–H and O–H groups in total. The predicted octanol–water partition coefficient (Wildman–Crippen LogP) is 6.36. The van der Waals surface area contributed by atoms with E-state index in [0.29, 0.717) is 39.0 Å². The van der Waals surface area contributed by atoms with Crippen molar-refractivity contribution >= 4 is 11.8 Å². The highest BCUT2D eigenvalue weighted by molar-refractivity contribution is 5.76. The number of amides is 2. The highest BCUT2D eigenvalue weighted by atomic mass is 16.2. The molecule has 0 unspecified atom stereocenters. The first-order valence-electron chi connectivity index (χ1n) is 19.0. The van der Waals surface area contributed by atoms with E-state index in [2.05, 4.69) is 34.3 Å². The van der Waals surface area contributed by atoms with E-state index in [1.54, 1.807) is 0 Å². The third kappa shape index (κ3) is 30.8. The average Bonchev–Trinajstić information content (AvgIpc) is 3.03. The van der Waals surface area contributed by atoms with Gasteiger partial charge in [0.1, 0.15) is 0 Å². The zero-order valence-electron chi connectivity index (χ0n) is 29.5. The van der Waals surface area contributed by atoms with E-state index in [1.807, 2.05) is 0 Å². The molecular weight excluding hydrogens is 548 g/mol. The molecule has 0 aromatic rings. The van der Waals surface area contributed by atoms with Crippen LogP contribution in [0.15, 0.2) is 0 Å². The summed E-state index contributed by atoms with van der Waals surface area (Å²) in [6, 6.07) is 0. The van der Waals surface area contributed by atoms with E-state index in [9.17, 15) is 9.59 Å². The van der Waals surface area contributed by atoms with Gasteiger partial charge in [-0.15, -0.1) is 0 Å². The first-order valence-corrected chi connectivity index (χ1v) is 19.0. The van der Waals surface area contributed by atoms with Crippen molar-refractivity contribution in [3.8, 4) is 0 Å². The van der Waals surface area contributed by atoms with Gasteiger partial charge in [0, 0.05) is 65.2 Å². The molecule has 0 aliphatic heterocycles. The van der Waals surface area contributed by atoms with E-state index in [4.69, 9.17) is 11.5 Å². The van der Waals surface area contributed by atoms with Gasteiger partial charge in [0.25, 0.3) is 0 Å². The van der Waals surface area contributed by atoms with Gasteiger partial charge in [-0.3, -0.25) is 9.59 Å². The number of nitrogens with two attached hydrogens (primary N) is 2. The van der Waals surface area contributed by atoms with Gasteiger partial charge in [0.2, 0.25) is 11.8 Å². The van der Waals surface area contributed by atoms with Crippen LogP contribution in [0.4, 0.5) is 0 Å². The van der Waals surface area contributed by atoms with Crippen molar-refractivity contribution in [2.45, 2.75) is 155 Å². The summed E-state index contributed by atoms with van der Waals surface area (Å²) in [5.41, 5.74) is 11.1. The topological polar surface area (TPSA) is 117 Å². The smallest absolute Gasteiger partial charge is 0.221 e. The first-order chi connectivity index (χ1) is 21.6. The Morgan fingerprint density at radius 3 is 1.02 bits per heavy atom. The van der Waals surface area contributed by atoms with Crippen molar-refractivity contribution in [1.29, 1.82) is 0 Å². The van der Waals surface area contributed by atoms with Crippen LogP contribution in [0.1, 0.15) is 155 Å². The quantitative estimate of drug-likeness (QED) is 0.0610. The second-order valence-electron chi connectivity index (χ2n) is 12.8. The van der Waals surface area contributed by atoms with Crippen molar-refractivity contribution in [2.75, 3.05) is 65.4 Å². The summed E-state index contributed by atoms with van der Waals surface area (Å²) < 4.78 is 0. The van der Waals surface area contributed by atoms with Crippen LogP contribution in [0.2, 0.25) is 0 Å². The second-order valence-corrected chi connectivity index (χ2v) is 12.8. The Kier molecular flexibility index (Phi) is 33.7. The lowest BCUT2D eigenvalue weighted by molar-refractivity contribution is -0.122. The Hall–Kier alpha value is -1.22. The fourth-order valence-corrected chi connectivity index (χ4v) is 5.72. The van der Waals surface area contributed by atoms with E-state index < -0.39 is 0 Å². The number of nitrogens with zero attached hydrogens (tertiary/aromatic N) is 2. The molecule has 0 saturated carbocycles. The Balaban J connectivity index is 4.69. The number of nitrogens with one attached hydrogen (secondary N) is 2. The summed E-state index contributed by atoms with van der Waals surface area (Å²) in [6.45, 7) is 12.0. The maximum absolute atomic E-state index is 12.3. The molecule has 0 spiro atoms. The van der Waals surface area contributed by atoms with Gasteiger partial charge in [0.05, 0.1) is 0 Å². The van der Waals surface area contributed by atoms with Crippen molar-refractivity contribution in [3.63, 3.8) is 0 Å². The van der Waals surface area contributed by atoms with Crippen LogP contribution in [0.3, 0.4) is 0 Å². The number of rotatable bonds is 35. The molecule has 0 aliphatic rings. The molecule has 8 heteroatoms. The van der Waals surface area contributed by atoms with Crippen LogP contribution in [0.25, 0.3) is 0 Å². The SMILES string of the molecule is CCCCCCCCCCCCN(CCC(=O)NCCN)CCN(CCCCCCCCCCCC)CCC(=O)NCCN. The zero-order valence-corrected chi connectivity index (χ0v) is 29.5. The predicted molar refractivity (Wildman–Crippen MR) is 190 cm³/mol. The maximum Gasteiger partial charge on any atom is 0.221 e. The molecular formula is C36H76N6O2. The van der Waals surface area contributed by atoms with E-state index in [1.165, 1.54) is 128 Å². The lowest BCUT2D eigenvalue weighted by Gasteiger charge is -2.28. The molecule has 0 aromatic carbocycles. The van der Waals surface area contributed by atoms with Crippen LogP contribution >= 0.6 is 0 Å². The molecule has 0 saturated heterocycles. The zero-order chi connectivity index (χ0) is 32.4. The van der Waals surface area contributed by atoms with E-state index >= 15 is 0 Å². The molecule has 8 nitrogen and oxygen atoms in total. The van der Waals surface area contributed by atoms with Crippen LogP contribution in [0.5, 0.6) is 0 Å². The number of hydrogen-bond donors (Lipinski definition) is 4. The summed E-state index contributed by atoms with van der Waals surface area (Å²) in [4.78, 5) is 29.5. The normalized spacial score (nSPS) is 11.5. The lowest BCUT2D eigenvalue weighted by atomic mass is 10.1. The van der Waals surface area contributed by atoms with Crippen LogP contribution in [-0.2, 0) is 9.59 Å². The van der Waals surface area contributed by atoms with Crippen molar-refractivity contribution in [2.24, 2.45) is 11.5 Å². The summed E-state index contributed by atoms with van der Waals surface area (Å²) in [7, 11) is 0.